The van der Waals surface area contributed by atoms with Crippen LogP contribution in [0.2, 0.25) is 0 Å². The van der Waals surface area contributed by atoms with E-state index in [2.05, 4.69) is 19.2 Å². The molecule has 0 heterocycles. The van der Waals surface area contributed by atoms with E-state index in [0.29, 0.717) is 23.8 Å². The Morgan fingerprint density at radius 3 is 2.55 bits per heavy atom. The summed E-state index contributed by atoms with van der Waals surface area (Å²) in [6.07, 6.45) is 0.835. The van der Waals surface area contributed by atoms with Gasteiger partial charge in [-0.05, 0) is 31.4 Å². The molecule has 1 atom stereocenters. The molecule has 3 N–H and O–H groups in total. The maximum absolute atomic E-state index is 11.8. The number of carbonyl (C=O) groups excluding carboxylic acids is 2. The summed E-state index contributed by atoms with van der Waals surface area (Å²) in [5.74, 6) is 0.724. The number of amides is 1. The van der Waals surface area contributed by atoms with E-state index in [1.54, 1.807) is 24.3 Å². The predicted molar refractivity (Wildman–Crippen MR) is 89.6 cm³/mol. The molecule has 22 heavy (non-hydrogen) atoms. The minimum Gasteiger partial charge on any atom is -0.484 e. The van der Waals surface area contributed by atoms with E-state index >= 15 is 0 Å². The molecule has 1 aromatic carbocycles. The SMILES string of the molecule is CC(=O)c1cccc(OCC(=O)NC(CN)CC(C)C)c1.Cl. The van der Waals surface area contributed by atoms with Gasteiger partial charge in [0.15, 0.2) is 12.4 Å². The largest absolute Gasteiger partial charge is 0.484 e. The summed E-state index contributed by atoms with van der Waals surface area (Å²) < 4.78 is 5.40. The van der Waals surface area contributed by atoms with E-state index < -0.39 is 0 Å². The lowest BCUT2D eigenvalue weighted by Gasteiger charge is -2.18. The van der Waals surface area contributed by atoms with Crippen LogP contribution in [-0.4, -0.2) is 30.9 Å². The molecule has 1 aromatic rings. The molecule has 0 fully saturated rings. The normalized spacial score (nSPS) is 11.5. The Bertz CT molecular complexity index is 492. The van der Waals surface area contributed by atoms with Crippen LogP contribution in [0.5, 0.6) is 5.75 Å². The number of nitrogens with two attached hydrogens (primary N) is 1. The zero-order chi connectivity index (χ0) is 15.8. The Morgan fingerprint density at radius 1 is 1.32 bits per heavy atom. The third-order valence-corrected chi connectivity index (χ3v) is 3.02. The predicted octanol–water partition coefficient (Wildman–Crippen LogP) is 2.18. The lowest BCUT2D eigenvalue weighted by atomic mass is 10.0. The molecule has 0 aliphatic heterocycles. The maximum Gasteiger partial charge on any atom is 0.258 e. The lowest BCUT2D eigenvalue weighted by molar-refractivity contribution is -0.123. The number of nitrogens with one attached hydrogen (secondary N) is 1. The Morgan fingerprint density at radius 2 is 2.00 bits per heavy atom. The molecule has 0 saturated carbocycles. The molecule has 124 valence electrons. The van der Waals surface area contributed by atoms with Gasteiger partial charge >= 0.3 is 0 Å². The van der Waals surface area contributed by atoms with Gasteiger partial charge < -0.3 is 15.8 Å². The van der Waals surface area contributed by atoms with Crippen molar-refractivity contribution in [1.29, 1.82) is 0 Å². The zero-order valence-corrected chi connectivity index (χ0v) is 14.1. The van der Waals surface area contributed by atoms with Crippen molar-refractivity contribution < 1.29 is 14.3 Å². The Labute approximate surface area is 138 Å². The number of hydrogen-bond acceptors (Lipinski definition) is 4. The molecule has 0 bridgehead atoms. The van der Waals surface area contributed by atoms with Gasteiger partial charge in [-0.2, -0.15) is 0 Å². The second kappa shape index (κ2) is 10.2. The van der Waals surface area contributed by atoms with Crippen LogP contribution in [0.3, 0.4) is 0 Å². The Balaban J connectivity index is 0.00000441. The highest BCUT2D eigenvalue weighted by atomic mass is 35.5. The highest BCUT2D eigenvalue weighted by molar-refractivity contribution is 5.94. The average molecular weight is 329 g/mol. The molecule has 0 spiro atoms. The number of benzene rings is 1. The molecule has 6 heteroatoms. The summed E-state index contributed by atoms with van der Waals surface area (Å²) in [6.45, 7) is 5.97. The highest BCUT2D eigenvalue weighted by Gasteiger charge is 2.13. The second-order valence-corrected chi connectivity index (χ2v) is 5.50. The van der Waals surface area contributed by atoms with E-state index in [0.717, 1.165) is 6.42 Å². The van der Waals surface area contributed by atoms with Crippen LogP contribution in [-0.2, 0) is 4.79 Å². The van der Waals surface area contributed by atoms with Crippen molar-refractivity contribution in [2.24, 2.45) is 11.7 Å². The zero-order valence-electron chi connectivity index (χ0n) is 13.3. The van der Waals surface area contributed by atoms with E-state index in [4.69, 9.17) is 10.5 Å². The number of rotatable bonds is 8. The second-order valence-electron chi connectivity index (χ2n) is 5.50. The summed E-state index contributed by atoms with van der Waals surface area (Å²) in [4.78, 5) is 23.1. The van der Waals surface area contributed by atoms with Gasteiger partial charge in [-0.15, -0.1) is 12.4 Å². The summed E-state index contributed by atoms with van der Waals surface area (Å²) in [5.41, 5.74) is 6.20. The number of halogens is 1. The Kier molecular flexibility index (Phi) is 9.45. The van der Waals surface area contributed by atoms with Crippen LogP contribution >= 0.6 is 12.4 Å². The minimum atomic E-state index is -0.209. The van der Waals surface area contributed by atoms with E-state index in [1.165, 1.54) is 6.92 Å². The van der Waals surface area contributed by atoms with Gasteiger partial charge in [0, 0.05) is 18.2 Å². The van der Waals surface area contributed by atoms with Crippen LogP contribution in [0.25, 0.3) is 0 Å². The first-order valence-electron chi connectivity index (χ1n) is 7.15. The smallest absolute Gasteiger partial charge is 0.258 e. The fraction of sp³-hybridized carbons (Fsp3) is 0.500. The molecule has 0 aromatic heterocycles. The van der Waals surface area contributed by atoms with Crippen molar-refractivity contribution in [1.82, 2.24) is 5.32 Å². The molecule has 0 aliphatic carbocycles. The van der Waals surface area contributed by atoms with Crippen molar-refractivity contribution in [3.05, 3.63) is 29.8 Å². The third-order valence-electron chi connectivity index (χ3n) is 3.02. The maximum atomic E-state index is 11.8. The van der Waals surface area contributed by atoms with Gasteiger partial charge in [0.2, 0.25) is 0 Å². The molecule has 0 saturated heterocycles. The topological polar surface area (TPSA) is 81.4 Å². The average Bonchev–Trinajstić information content (AvgIpc) is 2.44. The van der Waals surface area contributed by atoms with Gasteiger partial charge in [0.1, 0.15) is 5.75 Å². The van der Waals surface area contributed by atoms with Crippen molar-refractivity contribution >= 4 is 24.1 Å². The van der Waals surface area contributed by atoms with Crippen LogP contribution in [0.15, 0.2) is 24.3 Å². The number of hydrogen-bond donors (Lipinski definition) is 2. The van der Waals surface area contributed by atoms with Gasteiger partial charge in [0.05, 0.1) is 0 Å². The number of ether oxygens (including phenoxy) is 1. The quantitative estimate of drug-likeness (QED) is 0.717. The van der Waals surface area contributed by atoms with Crippen molar-refractivity contribution in [3.8, 4) is 5.75 Å². The summed E-state index contributed by atoms with van der Waals surface area (Å²) >= 11 is 0. The van der Waals surface area contributed by atoms with Crippen molar-refractivity contribution in [2.75, 3.05) is 13.2 Å². The fourth-order valence-corrected chi connectivity index (χ4v) is 2.01. The number of Topliss-reactive ketones (excluding diaryl/α,β-unsaturated/α-hetero) is 1. The van der Waals surface area contributed by atoms with Crippen LogP contribution in [0.1, 0.15) is 37.6 Å². The lowest BCUT2D eigenvalue weighted by Crippen LogP contribution is -2.43. The minimum absolute atomic E-state index is 0. The first-order valence-corrected chi connectivity index (χ1v) is 7.15. The molecular weight excluding hydrogens is 304 g/mol. The van der Waals surface area contributed by atoms with Crippen LogP contribution in [0, 0.1) is 5.92 Å². The summed E-state index contributed by atoms with van der Waals surface area (Å²) in [7, 11) is 0. The molecule has 1 amide bonds. The number of carbonyl (C=O) groups is 2. The van der Waals surface area contributed by atoms with Gasteiger partial charge in [-0.25, -0.2) is 0 Å². The summed E-state index contributed by atoms with van der Waals surface area (Å²) in [5, 5.41) is 2.85. The molecular formula is C16H25ClN2O3. The van der Waals surface area contributed by atoms with Crippen molar-refractivity contribution in [2.45, 2.75) is 33.2 Å². The van der Waals surface area contributed by atoms with Gasteiger partial charge in [-0.3, -0.25) is 9.59 Å². The standard InChI is InChI=1S/C16H24N2O3.ClH/c1-11(2)7-14(9-17)18-16(20)10-21-15-6-4-5-13(8-15)12(3)19;/h4-6,8,11,14H,7,9-10,17H2,1-3H3,(H,18,20);1H. The van der Waals surface area contributed by atoms with Gasteiger partial charge in [0.25, 0.3) is 5.91 Å². The van der Waals surface area contributed by atoms with Crippen LogP contribution in [0.4, 0.5) is 0 Å². The van der Waals surface area contributed by atoms with Crippen LogP contribution < -0.4 is 15.8 Å². The van der Waals surface area contributed by atoms with Crippen molar-refractivity contribution in [3.63, 3.8) is 0 Å². The molecule has 1 rings (SSSR count). The monoisotopic (exact) mass is 328 g/mol. The summed E-state index contributed by atoms with van der Waals surface area (Å²) in [6, 6.07) is 6.75. The first kappa shape index (κ1) is 20.4. The van der Waals surface area contributed by atoms with E-state index in [1.807, 2.05) is 0 Å². The highest BCUT2D eigenvalue weighted by Crippen LogP contribution is 2.13. The molecule has 1 unspecified atom stereocenters. The van der Waals surface area contributed by atoms with E-state index in [9.17, 15) is 9.59 Å². The molecule has 0 radical (unpaired) electrons. The molecule has 0 aliphatic rings. The number of ketones is 1. The Hall–Kier alpha value is -1.59. The molecule has 5 nitrogen and oxygen atoms in total. The first-order chi connectivity index (χ1) is 9.92. The van der Waals surface area contributed by atoms with Gasteiger partial charge in [-0.1, -0.05) is 26.0 Å². The third kappa shape index (κ3) is 7.43. The fourth-order valence-electron chi connectivity index (χ4n) is 2.01. The van der Waals surface area contributed by atoms with E-state index in [-0.39, 0.29) is 36.7 Å².